The van der Waals surface area contributed by atoms with Gasteiger partial charge >= 0.3 is 0 Å². The van der Waals surface area contributed by atoms with Gasteiger partial charge in [-0.15, -0.1) is 10.2 Å². The molecule has 0 saturated heterocycles. The number of aliphatic hydroxyl groups is 1. The van der Waals surface area contributed by atoms with Gasteiger partial charge in [0.05, 0.1) is 12.1 Å². The van der Waals surface area contributed by atoms with E-state index in [4.69, 9.17) is 0 Å². The van der Waals surface area contributed by atoms with Crippen molar-refractivity contribution in [2.75, 3.05) is 0 Å². The lowest BCUT2D eigenvalue weighted by atomic mass is 10.0. The van der Waals surface area contributed by atoms with Crippen molar-refractivity contribution in [1.82, 2.24) is 20.1 Å². The number of nitrogens with zero attached hydrogens (tertiary/aromatic N) is 3. The van der Waals surface area contributed by atoms with Crippen LogP contribution in [0.15, 0.2) is 61.2 Å². The zero-order valence-electron chi connectivity index (χ0n) is 13.5. The predicted octanol–water partition coefficient (Wildman–Crippen LogP) is 2.26. The molecule has 0 bridgehead atoms. The molecule has 1 aromatic heterocycles. The second-order valence-electron chi connectivity index (χ2n) is 5.67. The maximum Gasteiger partial charge on any atom is 0.251 e. The molecule has 2 unspecified atom stereocenters. The van der Waals surface area contributed by atoms with E-state index in [9.17, 15) is 14.3 Å². The average molecular weight is 340 g/mol. The van der Waals surface area contributed by atoms with Crippen LogP contribution in [0.4, 0.5) is 4.39 Å². The van der Waals surface area contributed by atoms with Crippen LogP contribution in [0.5, 0.6) is 0 Å². The Labute approximate surface area is 144 Å². The molecular formula is C18H17FN4O2. The number of aliphatic hydroxyl groups excluding tert-OH is 1. The molecule has 6 nitrogen and oxygen atoms in total. The van der Waals surface area contributed by atoms with Crippen LogP contribution in [0.1, 0.15) is 28.9 Å². The van der Waals surface area contributed by atoms with Crippen molar-refractivity contribution in [3.8, 4) is 5.69 Å². The number of hydrogen-bond donors (Lipinski definition) is 2. The third kappa shape index (κ3) is 3.89. The van der Waals surface area contributed by atoms with E-state index in [0.717, 1.165) is 5.69 Å². The van der Waals surface area contributed by atoms with E-state index in [-0.39, 0.29) is 11.7 Å². The number of halogens is 1. The molecule has 0 aliphatic rings. The van der Waals surface area contributed by atoms with Gasteiger partial charge in [-0.25, -0.2) is 4.39 Å². The van der Waals surface area contributed by atoms with Crippen LogP contribution in [-0.4, -0.2) is 31.8 Å². The molecule has 0 fully saturated rings. The first-order valence-electron chi connectivity index (χ1n) is 7.74. The second kappa shape index (κ2) is 7.23. The predicted molar refractivity (Wildman–Crippen MR) is 89.6 cm³/mol. The third-order valence-electron chi connectivity index (χ3n) is 3.89. The fourth-order valence-corrected chi connectivity index (χ4v) is 2.44. The maximum atomic E-state index is 13.0. The molecule has 25 heavy (non-hydrogen) atoms. The highest BCUT2D eigenvalue weighted by Crippen LogP contribution is 2.18. The topological polar surface area (TPSA) is 80.0 Å². The third-order valence-corrected chi connectivity index (χ3v) is 3.89. The lowest BCUT2D eigenvalue weighted by Crippen LogP contribution is -2.37. The lowest BCUT2D eigenvalue weighted by Gasteiger charge is -2.20. The molecule has 0 aliphatic carbocycles. The molecule has 3 rings (SSSR count). The molecule has 2 N–H and O–H groups in total. The largest absolute Gasteiger partial charge is 0.386 e. The molecule has 0 aliphatic heterocycles. The van der Waals surface area contributed by atoms with E-state index in [0.29, 0.717) is 11.1 Å². The maximum absolute atomic E-state index is 13.0. The van der Waals surface area contributed by atoms with E-state index < -0.39 is 12.1 Å². The average Bonchev–Trinajstić information content (AvgIpc) is 3.16. The van der Waals surface area contributed by atoms with Crippen molar-refractivity contribution in [1.29, 1.82) is 0 Å². The number of rotatable bonds is 5. The molecule has 7 heteroatoms. The van der Waals surface area contributed by atoms with Crippen LogP contribution in [0.3, 0.4) is 0 Å². The summed E-state index contributed by atoms with van der Waals surface area (Å²) in [5.41, 5.74) is 1.84. The summed E-state index contributed by atoms with van der Waals surface area (Å²) >= 11 is 0. The van der Waals surface area contributed by atoms with Crippen LogP contribution in [0, 0.1) is 5.82 Å². The Balaban J connectivity index is 1.65. The molecule has 0 spiro atoms. The van der Waals surface area contributed by atoms with Crippen molar-refractivity contribution in [2.45, 2.75) is 19.1 Å². The van der Waals surface area contributed by atoms with Gasteiger partial charge in [0, 0.05) is 11.3 Å². The van der Waals surface area contributed by atoms with Crippen LogP contribution in [0.2, 0.25) is 0 Å². The number of carbonyl (C=O) groups excluding carboxylic acids is 1. The minimum atomic E-state index is -0.930. The highest BCUT2D eigenvalue weighted by Gasteiger charge is 2.19. The molecule has 128 valence electrons. The van der Waals surface area contributed by atoms with E-state index >= 15 is 0 Å². The summed E-state index contributed by atoms with van der Waals surface area (Å²) in [7, 11) is 0. The fourth-order valence-electron chi connectivity index (χ4n) is 2.44. The Hall–Kier alpha value is -3.06. The first kappa shape index (κ1) is 16.8. The van der Waals surface area contributed by atoms with Gasteiger partial charge in [-0.1, -0.05) is 12.1 Å². The minimum absolute atomic E-state index is 0.302. The van der Waals surface area contributed by atoms with Crippen LogP contribution in [0.25, 0.3) is 5.69 Å². The van der Waals surface area contributed by atoms with E-state index in [1.165, 1.54) is 24.3 Å². The summed E-state index contributed by atoms with van der Waals surface area (Å²) in [6.45, 7) is 1.69. The van der Waals surface area contributed by atoms with Gasteiger partial charge in [0.25, 0.3) is 5.91 Å². The molecule has 0 saturated carbocycles. The SMILES string of the molecule is CC(NC(=O)c1ccc(-n2cnnc2)cc1)C(O)c1ccc(F)cc1. The lowest BCUT2D eigenvalue weighted by molar-refractivity contribution is 0.0852. The van der Waals surface area contributed by atoms with Crippen molar-refractivity contribution in [3.63, 3.8) is 0 Å². The smallest absolute Gasteiger partial charge is 0.251 e. The summed E-state index contributed by atoms with van der Waals surface area (Å²) in [6.07, 6.45) is 2.20. The van der Waals surface area contributed by atoms with Gasteiger partial charge in [-0.05, 0) is 48.9 Å². The Morgan fingerprint density at radius 2 is 1.68 bits per heavy atom. The standard InChI is InChI=1S/C18H17FN4O2/c1-12(17(24)13-2-6-15(19)7-3-13)22-18(25)14-4-8-16(9-5-14)23-10-20-21-11-23/h2-12,17,24H,1H3,(H,22,25). The van der Waals surface area contributed by atoms with Gasteiger partial charge in [0.15, 0.2) is 0 Å². The Morgan fingerprint density at radius 3 is 2.28 bits per heavy atom. The first-order chi connectivity index (χ1) is 12.0. The molecule has 2 atom stereocenters. The Kier molecular flexibility index (Phi) is 4.85. The molecular weight excluding hydrogens is 323 g/mol. The van der Waals surface area contributed by atoms with Gasteiger partial charge < -0.3 is 10.4 Å². The van der Waals surface area contributed by atoms with E-state index in [1.54, 1.807) is 48.4 Å². The molecule has 1 amide bonds. The van der Waals surface area contributed by atoms with Crippen LogP contribution in [-0.2, 0) is 0 Å². The number of hydrogen-bond acceptors (Lipinski definition) is 4. The summed E-state index contributed by atoms with van der Waals surface area (Å²) < 4.78 is 14.7. The number of benzene rings is 2. The molecule has 3 aromatic rings. The Morgan fingerprint density at radius 1 is 1.08 bits per heavy atom. The molecule has 1 heterocycles. The molecule has 0 radical (unpaired) electrons. The normalized spacial score (nSPS) is 13.2. The molecule has 2 aromatic carbocycles. The zero-order valence-corrected chi connectivity index (χ0v) is 13.5. The van der Waals surface area contributed by atoms with Gasteiger partial charge in [0.1, 0.15) is 18.5 Å². The van der Waals surface area contributed by atoms with Crippen molar-refractivity contribution in [3.05, 3.63) is 78.1 Å². The zero-order chi connectivity index (χ0) is 17.8. The highest BCUT2D eigenvalue weighted by atomic mass is 19.1. The van der Waals surface area contributed by atoms with E-state index in [2.05, 4.69) is 15.5 Å². The second-order valence-corrected chi connectivity index (χ2v) is 5.67. The fraction of sp³-hybridized carbons (Fsp3) is 0.167. The summed E-state index contributed by atoms with van der Waals surface area (Å²) in [6, 6.07) is 11.9. The van der Waals surface area contributed by atoms with E-state index in [1.807, 2.05) is 0 Å². The van der Waals surface area contributed by atoms with Crippen molar-refractivity contribution >= 4 is 5.91 Å². The Bertz CT molecular complexity index is 833. The number of amides is 1. The summed E-state index contributed by atoms with van der Waals surface area (Å²) in [5, 5.41) is 20.5. The number of aromatic nitrogens is 3. The van der Waals surface area contributed by atoms with Crippen LogP contribution >= 0.6 is 0 Å². The number of carbonyl (C=O) groups is 1. The van der Waals surface area contributed by atoms with Crippen molar-refractivity contribution < 1.29 is 14.3 Å². The minimum Gasteiger partial charge on any atom is -0.386 e. The summed E-state index contributed by atoms with van der Waals surface area (Å²) in [5.74, 6) is -0.676. The van der Waals surface area contributed by atoms with Gasteiger partial charge in [-0.3, -0.25) is 9.36 Å². The van der Waals surface area contributed by atoms with Crippen LogP contribution < -0.4 is 5.32 Å². The quantitative estimate of drug-likeness (QED) is 0.747. The number of nitrogens with one attached hydrogen (secondary N) is 1. The first-order valence-corrected chi connectivity index (χ1v) is 7.74. The van der Waals surface area contributed by atoms with Gasteiger partial charge in [-0.2, -0.15) is 0 Å². The van der Waals surface area contributed by atoms with Crippen molar-refractivity contribution in [2.24, 2.45) is 0 Å². The monoisotopic (exact) mass is 340 g/mol. The summed E-state index contributed by atoms with van der Waals surface area (Å²) in [4.78, 5) is 12.3. The highest BCUT2D eigenvalue weighted by molar-refractivity contribution is 5.94. The van der Waals surface area contributed by atoms with Gasteiger partial charge in [0.2, 0.25) is 0 Å².